The van der Waals surface area contributed by atoms with Gasteiger partial charge in [0.05, 0.1) is 7.11 Å². The Hall–Kier alpha value is -1.75. The molecule has 0 radical (unpaired) electrons. The molecule has 1 aromatic carbocycles. The topological polar surface area (TPSA) is 61.8 Å². The fourth-order valence-corrected chi connectivity index (χ4v) is 1.69. The predicted octanol–water partition coefficient (Wildman–Crippen LogP) is 1.47. The number of carbonyl (C=O) groups is 1. The summed E-state index contributed by atoms with van der Waals surface area (Å²) in [6, 6.07) is 4.62. The summed E-state index contributed by atoms with van der Waals surface area (Å²) in [6.07, 6.45) is 1.98. The van der Waals surface area contributed by atoms with Crippen molar-refractivity contribution in [2.75, 3.05) is 34.3 Å². The summed E-state index contributed by atoms with van der Waals surface area (Å²) in [7, 11) is 5.52. The van der Waals surface area contributed by atoms with E-state index >= 15 is 0 Å². The van der Waals surface area contributed by atoms with Crippen LogP contribution >= 0.6 is 0 Å². The van der Waals surface area contributed by atoms with Crippen LogP contribution in [0, 0.1) is 0 Å². The van der Waals surface area contributed by atoms with E-state index in [4.69, 9.17) is 4.74 Å². The number of ether oxygens (including phenoxy) is 1. The monoisotopic (exact) mass is 266 g/mol. The van der Waals surface area contributed by atoms with Crippen LogP contribution in [0.3, 0.4) is 0 Å². The van der Waals surface area contributed by atoms with Gasteiger partial charge < -0.3 is 20.1 Å². The molecule has 0 aliphatic rings. The van der Waals surface area contributed by atoms with E-state index in [2.05, 4.69) is 10.2 Å². The van der Waals surface area contributed by atoms with Gasteiger partial charge in [-0.3, -0.25) is 4.79 Å². The van der Waals surface area contributed by atoms with Gasteiger partial charge in [0.15, 0.2) is 11.5 Å². The Labute approximate surface area is 114 Å². The van der Waals surface area contributed by atoms with E-state index < -0.39 is 0 Å². The summed E-state index contributed by atoms with van der Waals surface area (Å²) in [6.45, 7) is 1.65. The molecule has 0 unspecified atom stereocenters. The molecule has 5 nitrogen and oxygen atoms in total. The number of methoxy groups -OCH3 is 1. The van der Waals surface area contributed by atoms with Gasteiger partial charge in [-0.15, -0.1) is 0 Å². The van der Waals surface area contributed by atoms with Crippen molar-refractivity contribution in [2.24, 2.45) is 0 Å². The lowest BCUT2D eigenvalue weighted by molar-refractivity contribution is 0.0952. The minimum Gasteiger partial charge on any atom is -0.504 e. The van der Waals surface area contributed by atoms with Crippen molar-refractivity contribution in [3.05, 3.63) is 23.8 Å². The van der Waals surface area contributed by atoms with Crippen molar-refractivity contribution in [3.8, 4) is 11.5 Å². The molecule has 0 saturated carbocycles. The summed E-state index contributed by atoms with van der Waals surface area (Å²) >= 11 is 0. The van der Waals surface area contributed by atoms with Gasteiger partial charge in [0.1, 0.15) is 0 Å². The first-order valence-corrected chi connectivity index (χ1v) is 6.34. The molecule has 1 rings (SSSR count). The summed E-state index contributed by atoms with van der Waals surface area (Å²) in [5, 5.41) is 12.4. The van der Waals surface area contributed by atoms with Crippen LogP contribution in [0.25, 0.3) is 0 Å². The quantitative estimate of drug-likeness (QED) is 0.734. The second-order valence-electron chi connectivity index (χ2n) is 4.65. The summed E-state index contributed by atoms with van der Waals surface area (Å²) < 4.78 is 4.93. The zero-order chi connectivity index (χ0) is 14.3. The van der Waals surface area contributed by atoms with Gasteiger partial charge in [-0.25, -0.2) is 0 Å². The highest BCUT2D eigenvalue weighted by molar-refractivity contribution is 5.94. The van der Waals surface area contributed by atoms with Gasteiger partial charge in [0, 0.05) is 12.1 Å². The van der Waals surface area contributed by atoms with Crippen molar-refractivity contribution in [2.45, 2.75) is 12.8 Å². The number of benzene rings is 1. The number of carbonyl (C=O) groups excluding carboxylic acids is 1. The van der Waals surface area contributed by atoms with Gasteiger partial charge in [-0.1, -0.05) is 0 Å². The Bertz CT molecular complexity index is 419. The minimum absolute atomic E-state index is 0.0252. The smallest absolute Gasteiger partial charge is 0.251 e. The fourth-order valence-electron chi connectivity index (χ4n) is 1.69. The van der Waals surface area contributed by atoms with E-state index in [9.17, 15) is 9.90 Å². The lowest BCUT2D eigenvalue weighted by Crippen LogP contribution is -2.25. The van der Waals surface area contributed by atoms with Gasteiger partial charge >= 0.3 is 0 Å². The number of aromatic hydroxyl groups is 1. The molecule has 0 aliphatic heterocycles. The summed E-state index contributed by atoms with van der Waals surface area (Å²) in [4.78, 5) is 13.9. The maximum absolute atomic E-state index is 11.8. The number of hydrogen-bond acceptors (Lipinski definition) is 4. The number of phenols is 1. The van der Waals surface area contributed by atoms with Crippen LogP contribution in [-0.2, 0) is 0 Å². The maximum atomic E-state index is 11.8. The molecule has 5 heteroatoms. The first kappa shape index (κ1) is 15.3. The fraction of sp³-hybridized carbons (Fsp3) is 0.500. The highest BCUT2D eigenvalue weighted by atomic mass is 16.5. The number of hydrogen-bond donors (Lipinski definition) is 2. The SMILES string of the molecule is COc1ccc(C(=O)NCCCCN(C)C)cc1O. The van der Waals surface area contributed by atoms with Gasteiger partial charge in [0.25, 0.3) is 5.91 Å². The Balaban J connectivity index is 2.39. The van der Waals surface area contributed by atoms with E-state index in [1.165, 1.54) is 13.2 Å². The van der Waals surface area contributed by atoms with E-state index in [-0.39, 0.29) is 11.7 Å². The maximum Gasteiger partial charge on any atom is 0.251 e. The van der Waals surface area contributed by atoms with Crippen molar-refractivity contribution >= 4 is 5.91 Å². The number of unbranched alkanes of at least 4 members (excludes halogenated alkanes) is 1. The number of nitrogens with zero attached hydrogens (tertiary/aromatic N) is 1. The van der Waals surface area contributed by atoms with Crippen LogP contribution in [0.5, 0.6) is 11.5 Å². The van der Waals surface area contributed by atoms with Crippen molar-refractivity contribution in [1.29, 1.82) is 0 Å². The van der Waals surface area contributed by atoms with E-state index in [0.717, 1.165) is 19.4 Å². The number of phenolic OH excluding ortho intramolecular Hbond substituents is 1. The molecule has 0 fully saturated rings. The van der Waals surface area contributed by atoms with Crippen LogP contribution in [0.4, 0.5) is 0 Å². The van der Waals surface area contributed by atoms with Crippen LogP contribution in [-0.4, -0.2) is 50.2 Å². The zero-order valence-electron chi connectivity index (χ0n) is 11.8. The third kappa shape index (κ3) is 5.18. The Morgan fingerprint density at radius 3 is 2.68 bits per heavy atom. The van der Waals surface area contributed by atoms with Crippen molar-refractivity contribution < 1.29 is 14.6 Å². The normalized spacial score (nSPS) is 10.5. The molecule has 0 saturated heterocycles. The Morgan fingerprint density at radius 2 is 2.11 bits per heavy atom. The lowest BCUT2D eigenvalue weighted by atomic mass is 10.2. The molecule has 2 N–H and O–H groups in total. The minimum atomic E-state index is -0.178. The molecular weight excluding hydrogens is 244 g/mol. The van der Waals surface area contributed by atoms with E-state index in [0.29, 0.717) is 17.9 Å². The third-order valence-electron chi connectivity index (χ3n) is 2.76. The van der Waals surface area contributed by atoms with Gasteiger partial charge in [-0.05, 0) is 51.7 Å². The average Bonchev–Trinajstić information content (AvgIpc) is 2.37. The first-order valence-electron chi connectivity index (χ1n) is 6.34. The Kier molecular flexibility index (Phi) is 6.15. The van der Waals surface area contributed by atoms with E-state index in [1.54, 1.807) is 12.1 Å². The van der Waals surface area contributed by atoms with Crippen LogP contribution in [0.15, 0.2) is 18.2 Å². The largest absolute Gasteiger partial charge is 0.504 e. The first-order chi connectivity index (χ1) is 9.04. The highest BCUT2D eigenvalue weighted by Crippen LogP contribution is 2.25. The standard InChI is InChI=1S/C14H22N2O3/c1-16(2)9-5-4-8-15-14(18)11-6-7-13(19-3)12(17)10-11/h6-7,10,17H,4-5,8-9H2,1-3H3,(H,15,18). The summed E-state index contributed by atoms with van der Waals surface area (Å²) in [5.41, 5.74) is 0.436. The zero-order valence-corrected chi connectivity index (χ0v) is 11.8. The number of amides is 1. The van der Waals surface area contributed by atoms with Crippen molar-refractivity contribution in [3.63, 3.8) is 0 Å². The molecule has 0 heterocycles. The molecule has 1 amide bonds. The Morgan fingerprint density at radius 1 is 1.37 bits per heavy atom. The van der Waals surface area contributed by atoms with Crippen molar-refractivity contribution in [1.82, 2.24) is 10.2 Å². The molecule has 1 aromatic rings. The molecule has 0 aliphatic carbocycles. The van der Waals surface area contributed by atoms with E-state index in [1.807, 2.05) is 14.1 Å². The van der Waals surface area contributed by atoms with Gasteiger partial charge in [-0.2, -0.15) is 0 Å². The highest BCUT2D eigenvalue weighted by Gasteiger charge is 2.08. The predicted molar refractivity (Wildman–Crippen MR) is 74.8 cm³/mol. The van der Waals surface area contributed by atoms with Gasteiger partial charge in [0.2, 0.25) is 0 Å². The third-order valence-corrected chi connectivity index (χ3v) is 2.76. The summed E-state index contributed by atoms with van der Waals surface area (Å²) in [5.74, 6) is 0.160. The van der Waals surface area contributed by atoms with Crippen LogP contribution < -0.4 is 10.1 Å². The molecule has 0 spiro atoms. The second-order valence-corrected chi connectivity index (χ2v) is 4.65. The molecule has 0 bridgehead atoms. The molecule has 0 aromatic heterocycles. The molecular formula is C14H22N2O3. The van der Waals surface area contributed by atoms with Crippen LogP contribution in [0.2, 0.25) is 0 Å². The molecule has 19 heavy (non-hydrogen) atoms. The average molecular weight is 266 g/mol. The molecule has 106 valence electrons. The lowest BCUT2D eigenvalue weighted by Gasteiger charge is -2.10. The number of rotatable bonds is 7. The molecule has 0 atom stereocenters. The number of nitrogens with one attached hydrogen (secondary N) is 1. The van der Waals surface area contributed by atoms with Crippen LogP contribution in [0.1, 0.15) is 23.2 Å². The second kappa shape index (κ2) is 7.63.